The summed E-state index contributed by atoms with van der Waals surface area (Å²) in [6.45, 7) is 7.95. The van der Waals surface area contributed by atoms with Gasteiger partial charge < -0.3 is 10.2 Å². The van der Waals surface area contributed by atoms with Crippen molar-refractivity contribution in [1.29, 1.82) is 0 Å². The zero-order chi connectivity index (χ0) is 10.5. The molecule has 82 valence electrons. The van der Waals surface area contributed by atoms with Gasteiger partial charge in [-0.15, -0.1) is 0 Å². The zero-order valence-corrected chi connectivity index (χ0v) is 9.37. The standard InChI is InChI=1S/C12H19N3/c1-11-10-14-4-2-12(11)3-7-15-8-5-13-6-9-15/h2,4,10,13H,3,5-9H2,1H3. The maximum absolute atomic E-state index is 4.12. The summed E-state index contributed by atoms with van der Waals surface area (Å²) in [7, 11) is 0. The van der Waals surface area contributed by atoms with Crippen LogP contribution in [0.25, 0.3) is 0 Å². The van der Waals surface area contributed by atoms with Crippen molar-refractivity contribution in [2.45, 2.75) is 13.3 Å². The first-order chi connectivity index (χ1) is 7.36. The average Bonchev–Trinajstić information content (AvgIpc) is 2.29. The van der Waals surface area contributed by atoms with Gasteiger partial charge in [-0.1, -0.05) is 0 Å². The molecule has 1 aliphatic rings. The van der Waals surface area contributed by atoms with Crippen molar-refractivity contribution in [3.63, 3.8) is 0 Å². The molecule has 1 aromatic rings. The predicted octanol–water partition coefficient (Wildman–Crippen LogP) is 0.838. The second-order valence-electron chi connectivity index (χ2n) is 4.14. The minimum absolute atomic E-state index is 1.13. The monoisotopic (exact) mass is 205 g/mol. The molecular formula is C12H19N3. The van der Waals surface area contributed by atoms with Crippen LogP contribution in [0.1, 0.15) is 11.1 Å². The number of hydrogen-bond acceptors (Lipinski definition) is 3. The van der Waals surface area contributed by atoms with E-state index in [1.165, 1.54) is 30.8 Å². The maximum atomic E-state index is 4.12. The number of nitrogens with one attached hydrogen (secondary N) is 1. The Hall–Kier alpha value is -0.930. The van der Waals surface area contributed by atoms with E-state index < -0.39 is 0 Å². The fraction of sp³-hybridized carbons (Fsp3) is 0.583. The molecule has 0 saturated carbocycles. The molecule has 0 spiro atoms. The topological polar surface area (TPSA) is 28.2 Å². The number of aromatic nitrogens is 1. The summed E-state index contributed by atoms with van der Waals surface area (Å²) in [5.41, 5.74) is 2.75. The first kappa shape index (κ1) is 10.6. The van der Waals surface area contributed by atoms with Crippen LogP contribution in [0.2, 0.25) is 0 Å². The average molecular weight is 205 g/mol. The van der Waals surface area contributed by atoms with Gasteiger partial charge in [0.25, 0.3) is 0 Å². The fourth-order valence-electron chi connectivity index (χ4n) is 2.00. The first-order valence-corrected chi connectivity index (χ1v) is 5.69. The largest absolute Gasteiger partial charge is 0.314 e. The highest BCUT2D eigenvalue weighted by Gasteiger charge is 2.09. The molecule has 0 radical (unpaired) electrons. The van der Waals surface area contributed by atoms with E-state index in [9.17, 15) is 0 Å². The molecule has 1 fully saturated rings. The molecule has 0 aliphatic carbocycles. The fourth-order valence-corrected chi connectivity index (χ4v) is 2.00. The third-order valence-electron chi connectivity index (χ3n) is 3.04. The van der Waals surface area contributed by atoms with Gasteiger partial charge in [0.1, 0.15) is 0 Å². The van der Waals surface area contributed by atoms with E-state index in [0.717, 1.165) is 19.5 Å². The van der Waals surface area contributed by atoms with Crippen molar-refractivity contribution < 1.29 is 0 Å². The Morgan fingerprint density at radius 3 is 2.93 bits per heavy atom. The minimum atomic E-state index is 1.13. The summed E-state index contributed by atoms with van der Waals surface area (Å²) in [5, 5.41) is 3.37. The van der Waals surface area contributed by atoms with Gasteiger partial charge in [-0.25, -0.2) is 0 Å². The van der Waals surface area contributed by atoms with Crippen molar-refractivity contribution in [3.8, 4) is 0 Å². The molecule has 2 rings (SSSR count). The quantitative estimate of drug-likeness (QED) is 0.792. The van der Waals surface area contributed by atoms with Crippen LogP contribution >= 0.6 is 0 Å². The summed E-state index contributed by atoms with van der Waals surface area (Å²) in [6.07, 6.45) is 4.99. The van der Waals surface area contributed by atoms with Crippen LogP contribution < -0.4 is 5.32 Å². The summed E-state index contributed by atoms with van der Waals surface area (Å²) >= 11 is 0. The molecule has 0 amide bonds. The normalized spacial score (nSPS) is 17.9. The lowest BCUT2D eigenvalue weighted by Crippen LogP contribution is -2.44. The number of piperazine rings is 1. The SMILES string of the molecule is Cc1cnccc1CCN1CCNCC1. The molecule has 1 aromatic heterocycles. The van der Waals surface area contributed by atoms with Crippen LogP contribution in [0.4, 0.5) is 0 Å². The minimum Gasteiger partial charge on any atom is -0.314 e. The van der Waals surface area contributed by atoms with E-state index in [1.807, 2.05) is 12.4 Å². The van der Waals surface area contributed by atoms with E-state index >= 15 is 0 Å². The Kier molecular flexibility index (Phi) is 3.69. The molecule has 1 aliphatic heterocycles. The Labute approximate surface area is 91.5 Å². The van der Waals surface area contributed by atoms with E-state index in [4.69, 9.17) is 0 Å². The number of hydrogen-bond donors (Lipinski definition) is 1. The number of nitrogens with zero attached hydrogens (tertiary/aromatic N) is 2. The van der Waals surface area contributed by atoms with Gasteiger partial charge in [0.05, 0.1) is 0 Å². The van der Waals surface area contributed by atoms with Crippen molar-refractivity contribution in [1.82, 2.24) is 15.2 Å². The summed E-state index contributed by atoms with van der Waals surface area (Å²) in [5.74, 6) is 0. The Balaban J connectivity index is 1.84. The smallest absolute Gasteiger partial charge is 0.0299 e. The Morgan fingerprint density at radius 1 is 1.40 bits per heavy atom. The summed E-state index contributed by atoms with van der Waals surface area (Å²) in [6, 6.07) is 2.14. The van der Waals surface area contributed by atoms with Gasteiger partial charge in [0, 0.05) is 45.1 Å². The summed E-state index contributed by atoms with van der Waals surface area (Å²) < 4.78 is 0. The van der Waals surface area contributed by atoms with E-state index in [1.54, 1.807) is 0 Å². The van der Waals surface area contributed by atoms with Gasteiger partial charge in [-0.05, 0) is 30.5 Å². The van der Waals surface area contributed by atoms with E-state index in [2.05, 4.69) is 28.2 Å². The van der Waals surface area contributed by atoms with Crippen molar-refractivity contribution in [3.05, 3.63) is 29.6 Å². The second kappa shape index (κ2) is 5.24. The molecule has 3 heteroatoms. The Bertz CT molecular complexity index is 305. The molecule has 0 atom stereocenters. The van der Waals surface area contributed by atoms with Crippen molar-refractivity contribution >= 4 is 0 Å². The molecule has 0 aromatic carbocycles. The van der Waals surface area contributed by atoms with Crippen LogP contribution in [0.15, 0.2) is 18.5 Å². The predicted molar refractivity (Wildman–Crippen MR) is 62.0 cm³/mol. The second-order valence-corrected chi connectivity index (χ2v) is 4.14. The lowest BCUT2D eigenvalue weighted by molar-refractivity contribution is 0.244. The van der Waals surface area contributed by atoms with Crippen LogP contribution in [-0.2, 0) is 6.42 Å². The van der Waals surface area contributed by atoms with Gasteiger partial charge in [0.15, 0.2) is 0 Å². The molecule has 1 saturated heterocycles. The zero-order valence-electron chi connectivity index (χ0n) is 9.37. The number of pyridine rings is 1. The third-order valence-corrected chi connectivity index (χ3v) is 3.04. The Morgan fingerprint density at radius 2 is 2.20 bits per heavy atom. The molecule has 15 heavy (non-hydrogen) atoms. The van der Waals surface area contributed by atoms with Crippen LogP contribution in [0.3, 0.4) is 0 Å². The van der Waals surface area contributed by atoms with Crippen LogP contribution in [0, 0.1) is 6.92 Å². The molecule has 0 bridgehead atoms. The lowest BCUT2D eigenvalue weighted by atomic mass is 10.1. The highest BCUT2D eigenvalue weighted by molar-refractivity contribution is 5.21. The molecular weight excluding hydrogens is 186 g/mol. The highest BCUT2D eigenvalue weighted by atomic mass is 15.2. The number of rotatable bonds is 3. The highest BCUT2D eigenvalue weighted by Crippen LogP contribution is 2.07. The molecule has 0 unspecified atom stereocenters. The van der Waals surface area contributed by atoms with E-state index in [-0.39, 0.29) is 0 Å². The van der Waals surface area contributed by atoms with Crippen LogP contribution in [-0.4, -0.2) is 42.6 Å². The van der Waals surface area contributed by atoms with Gasteiger partial charge in [-0.2, -0.15) is 0 Å². The molecule has 1 N–H and O–H groups in total. The molecule has 3 nitrogen and oxygen atoms in total. The van der Waals surface area contributed by atoms with Crippen molar-refractivity contribution in [2.75, 3.05) is 32.7 Å². The van der Waals surface area contributed by atoms with Gasteiger partial charge in [-0.3, -0.25) is 4.98 Å². The molecule has 2 heterocycles. The van der Waals surface area contributed by atoms with Gasteiger partial charge in [0.2, 0.25) is 0 Å². The van der Waals surface area contributed by atoms with Gasteiger partial charge >= 0.3 is 0 Å². The number of aryl methyl sites for hydroxylation is 1. The first-order valence-electron chi connectivity index (χ1n) is 5.69. The summed E-state index contributed by atoms with van der Waals surface area (Å²) in [4.78, 5) is 6.64. The lowest BCUT2D eigenvalue weighted by Gasteiger charge is -2.27. The third kappa shape index (κ3) is 3.01. The maximum Gasteiger partial charge on any atom is 0.0299 e. The van der Waals surface area contributed by atoms with Crippen molar-refractivity contribution in [2.24, 2.45) is 0 Å². The van der Waals surface area contributed by atoms with E-state index in [0.29, 0.717) is 0 Å². The van der Waals surface area contributed by atoms with Crippen LogP contribution in [0.5, 0.6) is 0 Å².